The number of hydrogen-bond acceptors (Lipinski definition) is 8. The van der Waals surface area contributed by atoms with Crippen molar-refractivity contribution < 1.29 is 9.47 Å². The number of rotatable bonds is 6. The third-order valence-electron chi connectivity index (χ3n) is 3.40. The Bertz CT molecular complexity index is 601. The molecule has 1 saturated heterocycles. The van der Waals surface area contributed by atoms with Gasteiger partial charge >= 0.3 is 0 Å². The number of ether oxygens (including phenoxy) is 2. The van der Waals surface area contributed by atoms with Gasteiger partial charge in [-0.05, 0) is 6.92 Å². The van der Waals surface area contributed by atoms with E-state index in [4.69, 9.17) is 9.47 Å². The van der Waals surface area contributed by atoms with Gasteiger partial charge in [0.1, 0.15) is 16.9 Å². The zero-order valence-electron chi connectivity index (χ0n) is 12.8. The molecule has 1 aliphatic rings. The van der Waals surface area contributed by atoms with Gasteiger partial charge in [-0.25, -0.2) is 4.98 Å². The summed E-state index contributed by atoms with van der Waals surface area (Å²) in [5.41, 5.74) is 0. The molecule has 2 aromatic heterocycles. The molecule has 0 unspecified atom stereocenters. The maximum atomic E-state index is 5.79. The minimum atomic E-state index is -0.0930. The van der Waals surface area contributed by atoms with E-state index in [0.29, 0.717) is 18.4 Å². The van der Waals surface area contributed by atoms with Gasteiger partial charge in [0, 0.05) is 19.5 Å². The summed E-state index contributed by atoms with van der Waals surface area (Å²) >= 11 is 1.49. The molecule has 3 rings (SSSR count). The molecule has 120 valence electrons. The molecule has 9 heteroatoms. The number of aryl methyl sites for hydroxylation is 1. The summed E-state index contributed by atoms with van der Waals surface area (Å²) in [6.07, 6.45) is 0.749. The van der Waals surface area contributed by atoms with Crippen LogP contribution in [0.5, 0.6) is 5.19 Å². The van der Waals surface area contributed by atoms with Crippen molar-refractivity contribution in [1.82, 2.24) is 30.3 Å². The largest absolute Gasteiger partial charge is 0.469 e. The first kappa shape index (κ1) is 15.3. The van der Waals surface area contributed by atoms with Gasteiger partial charge in [0.2, 0.25) is 0 Å². The van der Waals surface area contributed by atoms with E-state index in [9.17, 15) is 0 Å². The lowest BCUT2D eigenvalue weighted by Crippen LogP contribution is -2.38. The lowest BCUT2D eigenvalue weighted by molar-refractivity contribution is -0.0371. The third kappa shape index (κ3) is 3.60. The molecule has 0 bridgehead atoms. The van der Waals surface area contributed by atoms with Gasteiger partial charge in [-0.1, -0.05) is 18.3 Å². The fourth-order valence-corrected chi connectivity index (χ4v) is 3.08. The van der Waals surface area contributed by atoms with Crippen molar-refractivity contribution in [3.63, 3.8) is 0 Å². The van der Waals surface area contributed by atoms with Crippen LogP contribution in [0.4, 0.5) is 0 Å². The molecule has 0 amide bonds. The van der Waals surface area contributed by atoms with E-state index in [1.807, 2.05) is 13.8 Å². The maximum Gasteiger partial charge on any atom is 0.294 e. The molecule has 1 N–H and O–H groups in total. The lowest BCUT2D eigenvalue weighted by atomic mass is 10.2. The summed E-state index contributed by atoms with van der Waals surface area (Å²) in [5, 5.41) is 17.0. The van der Waals surface area contributed by atoms with E-state index in [1.165, 1.54) is 11.3 Å². The SMILES string of the molecule is CCOc1nnc(CN2CCO[C@@H](c3n[nH]c(CC)n3)C2)s1. The molecule has 0 aromatic carbocycles. The van der Waals surface area contributed by atoms with E-state index < -0.39 is 0 Å². The van der Waals surface area contributed by atoms with Crippen molar-refractivity contribution in [2.75, 3.05) is 26.3 Å². The van der Waals surface area contributed by atoms with Crippen LogP contribution in [0, 0.1) is 0 Å². The number of H-pyrrole nitrogens is 1. The molecule has 8 nitrogen and oxygen atoms in total. The van der Waals surface area contributed by atoms with Crippen molar-refractivity contribution in [3.05, 3.63) is 16.7 Å². The summed E-state index contributed by atoms with van der Waals surface area (Å²) in [5.74, 6) is 1.62. The maximum absolute atomic E-state index is 5.79. The zero-order valence-corrected chi connectivity index (χ0v) is 13.6. The van der Waals surface area contributed by atoms with Gasteiger partial charge in [0.05, 0.1) is 19.8 Å². The molecule has 1 atom stereocenters. The molecule has 1 fully saturated rings. The van der Waals surface area contributed by atoms with Crippen LogP contribution in [-0.2, 0) is 17.7 Å². The van der Waals surface area contributed by atoms with Crippen LogP contribution in [0.25, 0.3) is 0 Å². The van der Waals surface area contributed by atoms with Crippen LogP contribution >= 0.6 is 11.3 Å². The number of hydrogen-bond donors (Lipinski definition) is 1. The molecule has 3 heterocycles. The Hall–Kier alpha value is -1.58. The molecule has 0 saturated carbocycles. The fraction of sp³-hybridized carbons (Fsp3) is 0.692. The number of aromatic nitrogens is 5. The first-order chi connectivity index (χ1) is 10.8. The van der Waals surface area contributed by atoms with Crippen molar-refractivity contribution in [3.8, 4) is 5.19 Å². The quantitative estimate of drug-likeness (QED) is 0.853. The van der Waals surface area contributed by atoms with Crippen molar-refractivity contribution >= 4 is 11.3 Å². The Morgan fingerprint density at radius 2 is 2.32 bits per heavy atom. The Balaban J connectivity index is 1.60. The predicted molar refractivity (Wildman–Crippen MR) is 80.8 cm³/mol. The standard InChI is InChI=1S/C13H20N6O2S/c1-3-10-14-12(17-15-10)9-7-19(5-6-21-9)8-11-16-18-13(22-11)20-4-2/h9H,3-8H2,1-2H3,(H,14,15,17)/t9-/m1/s1. The highest BCUT2D eigenvalue weighted by Gasteiger charge is 2.26. The van der Waals surface area contributed by atoms with Crippen LogP contribution in [-0.4, -0.2) is 56.6 Å². The average molecular weight is 324 g/mol. The van der Waals surface area contributed by atoms with Crippen molar-refractivity contribution in [2.45, 2.75) is 32.9 Å². The summed E-state index contributed by atoms with van der Waals surface area (Å²) in [4.78, 5) is 6.74. The molecule has 0 aliphatic carbocycles. The van der Waals surface area contributed by atoms with Crippen molar-refractivity contribution in [1.29, 1.82) is 0 Å². The summed E-state index contributed by atoms with van der Waals surface area (Å²) in [6, 6.07) is 0. The van der Waals surface area contributed by atoms with Gasteiger partial charge in [-0.2, -0.15) is 5.10 Å². The van der Waals surface area contributed by atoms with E-state index in [1.54, 1.807) is 0 Å². The second kappa shape index (κ2) is 7.12. The van der Waals surface area contributed by atoms with Crippen LogP contribution in [0.15, 0.2) is 0 Å². The van der Waals surface area contributed by atoms with Crippen molar-refractivity contribution in [2.24, 2.45) is 0 Å². The number of nitrogens with one attached hydrogen (secondary N) is 1. The Morgan fingerprint density at radius 1 is 1.41 bits per heavy atom. The predicted octanol–water partition coefficient (Wildman–Crippen LogP) is 1.19. The average Bonchev–Trinajstić information content (AvgIpc) is 3.17. The Morgan fingerprint density at radius 3 is 3.09 bits per heavy atom. The summed E-state index contributed by atoms with van der Waals surface area (Å²) in [6.45, 7) is 7.63. The molecule has 0 spiro atoms. The van der Waals surface area contributed by atoms with Gasteiger partial charge in [0.15, 0.2) is 5.82 Å². The van der Waals surface area contributed by atoms with E-state index >= 15 is 0 Å². The number of nitrogens with zero attached hydrogens (tertiary/aromatic N) is 5. The lowest BCUT2D eigenvalue weighted by Gasteiger charge is -2.30. The molecular weight excluding hydrogens is 304 g/mol. The molecule has 2 aromatic rings. The second-order valence-corrected chi connectivity index (χ2v) is 6.01. The minimum absolute atomic E-state index is 0.0930. The topological polar surface area (TPSA) is 89.0 Å². The highest BCUT2D eigenvalue weighted by Crippen LogP contribution is 2.23. The smallest absolute Gasteiger partial charge is 0.294 e. The fourth-order valence-electron chi connectivity index (χ4n) is 2.29. The summed E-state index contributed by atoms with van der Waals surface area (Å²) < 4.78 is 11.1. The zero-order chi connectivity index (χ0) is 15.4. The normalized spacial score (nSPS) is 19.5. The Labute approximate surface area is 132 Å². The number of morpholine rings is 1. The first-order valence-electron chi connectivity index (χ1n) is 7.48. The van der Waals surface area contributed by atoms with E-state index in [2.05, 4.69) is 30.3 Å². The van der Waals surface area contributed by atoms with E-state index in [0.717, 1.165) is 42.7 Å². The molecule has 0 radical (unpaired) electrons. The van der Waals surface area contributed by atoms with Crippen LogP contribution in [0.3, 0.4) is 0 Å². The van der Waals surface area contributed by atoms with Gasteiger partial charge in [0.25, 0.3) is 5.19 Å². The van der Waals surface area contributed by atoms with Gasteiger partial charge in [-0.15, -0.1) is 10.2 Å². The van der Waals surface area contributed by atoms with Crippen LogP contribution < -0.4 is 4.74 Å². The summed E-state index contributed by atoms with van der Waals surface area (Å²) in [7, 11) is 0. The molecule has 1 aliphatic heterocycles. The first-order valence-corrected chi connectivity index (χ1v) is 8.30. The van der Waals surface area contributed by atoms with E-state index in [-0.39, 0.29) is 6.10 Å². The highest BCUT2D eigenvalue weighted by molar-refractivity contribution is 7.13. The highest BCUT2D eigenvalue weighted by atomic mass is 32.1. The Kier molecular flexibility index (Phi) is 4.96. The third-order valence-corrected chi connectivity index (χ3v) is 4.22. The van der Waals surface area contributed by atoms with Gasteiger partial charge in [-0.3, -0.25) is 10.00 Å². The second-order valence-electron chi connectivity index (χ2n) is 4.98. The number of aromatic amines is 1. The van der Waals surface area contributed by atoms with Gasteiger partial charge < -0.3 is 9.47 Å². The van der Waals surface area contributed by atoms with Crippen LogP contribution in [0.2, 0.25) is 0 Å². The minimum Gasteiger partial charge on any atom is -0.469 e. The van der Waals surface area contributed by atoms with Crippen LogP contribution in [0.1, 0.15) is 36.6 Å². The molecule has 22 heavy (non-hydrogen) atoms. The monoisotopic (exact) mass is 324 g/mol. The molecular formula is C13H20N6O2S.